The molecule has 0 bridgehead atoms. The first-order valence-corrected chi connectivity index (χ1v) is 6.67. The van der Waals surface area contributed by atoms with Crippen molar-refractivity contribution >= 4 is 17.2 Å². The Kier molecular flexibility index (Phi) is 3.77. The number of carbonyl (C=O) groups excluding carboxylic acids is 1. The van der Waals surface area contributed by atoms with Gasteiger partial charge in [0, 0.05) is 22.1 Å². The summed E-state index contributed by atoms with van der Waals surface area (Å²) >= 11 is 1.65. The van der Waals surface area contributed by atoms with Crippen LogP contribution in [0.15, 0.2) is 30.6 Å². The monoisotopic (exact) mass is 260 g/mol. The molecule has 4 heteroatoms. The maximum atomic E-state index is 12.1. The van der Waals surface area contributed by atoms with Crippen LogP contribution < -0.4 is 5.32 Å². The van der Waals surface area contributed by atoms with Gasteiger partial charge in [0.2, 0.25) is 0 Å². The number of nitrogens with one attached hydrogen (secondary N) is 1. The molecule has 0 aliphatic carbocycles. The fourth-order valence-corrected chi connectivity index (χ4v) is 2.79. The molecule has 0 aliphatic heterocycles. The summed E-state index contributed by atoms with van der Waals surface area (Å²) in [6.07, 6.45) is 3.47. The molecule has 2 heterocycles. The van der Waals surface area contributed by atoms with Crippen LogP contribution >= 0.6 is 11.3 Å². The van der Waals surface area contributed by atoms with Crippen LogP contribution in [-0.2, 0) is 0 Å². The SMILES string of the molecule is Cc1cc(C(=O)NC(C)c2ccncc2)c(C)s1. The van der Waals surface area contributed by atoms with Crippen LogP contribution in [0, 0.1) is 13.8 Å². The Balaban J connectivity index is 2.10. The van der Waals surface area contributed by atoms with Gasteiger partial charge >= 0.3 is 0 Å². The Morgan fingerprint density at radius 3 is 2.56 bits per heavy atom. The Morgan fingerprint density at radius 2 is 2.00 bits per heavy atom. The van der Waals surface area contributed by atoms with Crippen molar-refractivity contribution in [3.63, 3.8) is 0 Å². The Morgan fingerprint density at radius 1 is 1.33 bits per heavy atom. The predicted octanol–water partition coefficient (Wildman–Crippen LogP) is 3.25. The molecule has 1 amide bonds. The number of amides is 1. The van der Waals surface area contributed by atoms with Crippen LogP contribution in [0.25, 0.3) is 0 Å². The summed E-state index contributed by atoms with van der Waals surface area (Å²) in [7, 11) is 0. The second kappa shape index (κ2) is 5.31. The molecule has 94 valence electrons. The molecule has 0 saturated heterocycles. The number of pyridine rings is 1. The maximum Gasteiger partial charge on any atom is 0.252 e. The van der Waals surface area contributed by atoms with Crippen molar-refractivity contribution in [3.05, 3.63) is 51.5 Å². The Labute approximate surface area is 111 Å². The summed E-state index contributed by atoms with van der Waals surface area (Å²) in [6, 6.07) is 5.75. The van der Waals surface area contributed by atoms with Gasteiger partial charge in [-0.05, 0) is 44.5 Å². The highest BCUT2D eigenvalue weighted by Crippen LogP contribution is 2.21. The predicted molar refractivity (Wildman–Crippen MR) is 73.9 cm³/mol. The number of thiophene rings is 1. The molecule has 1 N–H and O–H groups in total. The third kappa shape index (κ3) is 2.76. The number of hydrogen-bond donors (Lipinski definition) is 1. The Hall–Kier alpha value is -1.68. The first-order chi connectivity index (χ1) is 8.58. The summed E-state index contributed by atoms with van der Waals surface area (Å²) in [5, 5.41) is 3.01. The largest absolute Gasteiger partial charge is 0.345 e. The van der Waals surface area contributed by atoms with Crippen molar-refractivity contribution in [2.75, 3.05) is 0 Å². The lowest BCUT2D eigenvalue weighted by Gasteiger charge is -2.13. The van der Waals surface area contributed by atoms with E-state index in [0.717, 1.165) is 20.9 Å². The van der Waals surface area contributed by atoms with E-state index >= 15 is 0 Å². The van der Waals surface area contributed by atoms with Gasteiger partial charge < -0.3 is 5.32 Å². The second-order valence-corrected chi connectivity index (χ2v) is 5.76. The number of rotatable bonds is 3. The molecule has 18 heavy (non-hydrogen) atoms. The topological polar surface area (TPSA) is 42.0 Å². The lowest BCUT2D eigenvalue weighted by atomic mass is 10.1. The van der Waals surface area contributed by atoms with Crippen LogP contribution in [0.2, 0.25) is 0 Å². The second-order valence-electron chi connectivity index (χ2n) is 4.30. The van der Waals surface area contributed by atoms with Gasteiger partial charge in [0.05, 0.1) is 11.6 Å². The molecule has 3 nitrogen and oxygen atoms in total. The molecule has 1 atom stereocenters. The van der Waals surface area contributed by atoms with Crippen molar-refractivity contribution < 1.29 is 4.79 Å². The third-order valence-electron chi connectivity index (χ3n) is 2.84. The van der Waals surface area contributed by atoms with E-state index in [0.29, 0.717) is 0 Å². The lowest BCUT2D eigenvalue weighted by molar-refractivity contribution is 0.0939. The minimum Gasteiger partial charge on any atom is -0.345 e. The highest BCUT2D eigenvalue weighted by Gasteiger charge is 2.14. The maximum absolute atomic E-state index is 12.1. The molecule has 2 rings (SSSR count). The van der Waals surface area contributed by atoms with Crippen molar-refractivity contribution in [3.8, 4) is 0 Å². The number of aryl methyl sites for hydroxylation is 2. The minimum absolute atomic E-state index is 0.0128. The molecule has 0 saturated carbocycles. The molecular weight excluding hydrogens is 244 g/mol. The quantitative estimate of drug-likeness (QED) is 0.920. The van der Waals surface area contributed by atoms with E-state index < -0.39 is 0 Å². The summed E-state index contributed by atoms with van der Waals surface area (Å²) < 4.78 is 0. The van der Waals surface area contributed by atoms with E-state index in [9.17, 15) is 4.79 Å². The Bertz CT molecular complexity index is 548. The zero-order valence-electron chi connectivity index (χ0n) is 10.7. The molecule has 2 aromatic heterocycles. The molecule has 0 aliphatic rings. The number of nitrogens with zero attached hydrogens (tertiary/aromatic N) is 1. The normalized spacial score (nSPS) is 12.2. The highest BCUT2D eigenvalue weighted by atomic mass is 32.1. The summed E-state index contributed by atoms with van der Waals surface area (Å²) in [5.74, 6) is -0.0128. The first-order valence-electron chi connectivity index (χ1n) is 5.85. The number of carbonyl (C=O) groups is 1. The zero-order chi connectivity index (χ0) is 13.1. The van der Waals surface area contributed by atoms with E-state index in [-0.39, 0.29) is 11.9 Å². The molecule has 0 spiro atoms. The van der Waals surface area contributed by atoms with E-state index in [4.69, 9.17) is 0 Å². The molecule has 0 radical (unpaired) electrons. The fourth-order valence-electron chi connectivity index (χ4n) is 1.87. The zero-order valence-corrected chi connectivity index (χ0v) is 11.5. The van der Waals surface area contributed by atoms with E-state index in [1.807, 2.05) is 39.0 Å². The van der Waals surface area contributed by atoms with Crippen LogP contribution in [0.1, 0.15) is 38.6 Å². The summed E-state index contributed by atoms with van der Waals surface area (Å²) in [5.41, 5.74) is 1.83. The first kappa shape index (κ1) is 12.8. The van der Waals surface area contributed by atoms with Gasteiger partial charge in [-0.3, -0.25) is 9.78 Å². The van der Waals surface area contributed by atoms with Crippen molar-refractivity contribution in [2.45, 2.75) is 26.8 Å². The minimum atomic E-state index is -0.0138. The highest BCUT2D eigenvalue weighted by molar-refractivity contribution is 7.12. The summed E-state index contributed by atoms with van der Waals surface area (Å²) in [4.78, 5) is 18.3. The van der Waals surface area contributed by atoms with Gasteiger partial charge in [-0.15, -0.1) is 11.3 Å². The van der Waals surface area contributed by atoms with Gasteiger partial charge in [-0.2, -0.15) is 0 Å². The van der Waals surface area contributed by atoms with E-state index in [2.05, 4.69) is 10.3 Å². The molecule has 1 unspecified atom stereocenters. The van der Waals surface area contributed by atoms with Crippen LogP contribution in [0.4, 0.5) is 0 Å². The molecular formula is C14H16N2OS. The number of aromatic nitrogens is 1. The lowest BCUT2D eigenvalue weighted by Crippen LogP contribution is -2.26. The van der Waals surface area contributed by atoms with Crippen LogP contribution in [-0.4, -0.2) is 10.9 Å². The molecule has 0 aromatic carbocycles. The van der Waals surface area contributed by atoms with E-state index in [1.54, 1.807) is 23.7 Å². The van der Waals surface area contributed by atoms with Crippen molar-refractivity contribution in [2.24, 2.45) is 0 Å². The van der Waals surface area contributed by atoms with Gasteiger partial charge in [0.15, 0.2) is 0 Å². The average molecular weight is 260 g/mol. The smallest absolute Gasteiger partial charge is 0.252 e. The van der Waals surface area contributed by atoms with Gasteiger partial charge in [-0.25, -0.2) is 0 Å². The third-order valence-corrected chi connectivity index (χ3v) is 3.81. The van der Waals surface area contributed by atoms with Crippen LogP contribution in [0.5, 0.6) is 0 Å². The average Bonchev–Trinajstić information content (AvgIpc) is 2.69. The van der Waals surface area contributed by atoms with Gasteiger partial charge in [-0.1, -0.05) is 0 Å². The summed E-state index contributed by atoms with van der Waals surface area (Å²) in [6.45, 7) is 5.96. The van der Waals surface area contributed by atoms with Crippen molar-refractivity contribution in [1.82, 2.24) is 10.3 Å². The standard InChI is InChI=1S/C14H16N2OS/c1-9-8-13(11(3)18-9)14(17)16-10(2)12-4-6-15-7-5-12/h4-8,10H,1-3H3,(H,16,17). The fraction of sp³-hybridized carbons (Fsp3) is 0.286. The molecule has 0 fully saturated rings. The number of hydrogen-bond acceptors (Lipinski definition) is 3. The van der Waals surface area contributed by atoms with Gasteiger partial charge in [0.1, 0.15) is 0 Å². The van der Waals surface area contributed by atoms with E-state index in [1.165, 1.54) is 0 Å². The van der Waals surface area contributed by atoms with Gasteiger partial charge in [0.25, 0.3) is 5.91 Å². The van der Waals surface area contributed by atoms with Crippen molar-refractivity contribution in [1.29, 1.82) is 0 Å². The molecule has 2 aromatic rings. The van der Waals surface area contributed by atoms with Crippen LogP contribution in [0.3, 0.4) is 0 Å².